The molecule has 0 aliphatic carbocycles. The van der Waals surface area contributed by atoms with Crippen molar-refractivity contribution >= 4 is 11.6 Å². The fraction of sp³-hybridized carbons (Fsp3) is 0.625. The number of hydrogen-bond donors (Lipinski definition) is 2. The Morgan fingerprint density at radius 3 is 2.86 bits per heavy atom. The van der Waals surface area contributed by atoms with Crippen LogP contribution in [0.25, 0.3) is 0 Å². The molecule has 0 spiro atoms. The number of rotatable bonds is 6. The molecule has 0 bridgehead atoms. The Bertz CT molecular complexity index is 499. The minimum Gasteiger partial charge on any atom is -0.491 e. The topological polar surface area (TPSA) is 54.0 Å². The van der Waals surface area contributed by atoms with Crippen molar-refractivity contribution in [2.24, 2.45) is 0 Å². The lowest BCUT2D eigenvalue weighted by Gasteiger charge is -2.37. The van der Waals surface area contributed by atoms with Crippen molar-refractivity contribution in [2.75, 3.05) is 40.0 Å². The molecule has 0 radical (unpaired) electrons. The van der Waals surface area contributed by atoms with E-state index in [0.717, 1.165) is 25.2 Å². The van der Waals surface area contributed by atoms with Crippen LogP contribution in [0.15, 0.2) is 12.1 Å². The van der Waals surface area contributed by atoms with Gasteiger partial charge in [-0.05, 0) is 31.5 Å². The van der Waals surface area contributed by atoms with E-state index in [1.807, 2.05) is 19.1 Å². The predicted octanol–water partition coefficient (Wildman–Crippen LogP) is 2.07. The summed E-state index contributed by atoms with van der Waals surface area (Å²) < 4.78 is 10.9. The highest BCUT2D eigenvalue weighted by atomic mass is 35.5. The summed E-state index contributed by atoms with van der Waals surface area (Å²) in [5.41, 5.74) is 0.950. The molecular formula is C16H25ClN2O3. The molecule has 1 aromatic rings. The predicted molar refractivity (Wildman–Crippen MR) is 88.0 cm³/mol. The van der Waals surface area contributed by atoms with Gasteiger partial charge in [0, 0.05) is 25.7 Å². The first-order valence-electron chi connectivity index (χ1n) is 7.69. The highest BCUT2D eigenvalue weighted by Gasteiger charge is 2.26. The SMILES string of the molecule is CCOc1cc(C(CO)N2CCNC(C)C2)cc(Cl)c1OC. The van der Waals surface area contributed by atoms with Crippen molar-refractivity contribution in [2.45, 2.75) is 25.9 Å². The Hall–Kier alpha value is -1.01. The molecule has 1 aliphatic rings. The number of benzene rings is 1. The summed E-state index contributed by atoms with van der Waals surface area (Å²) in [5, 5.41) is 13.8. The number of methoxy groups -OCH3 is 1. The van der Waals surface area contributed by atoms with Crippen molar-refractivity contribution in [3.05, 3.63) is 22.7 Å². The van der Waals surface area contributed by atoms with Crippen LogP contribution in [0.4, 0.5) is 0 Å². The van der Waals surface area contributed by atoms with Gasteiger partial charge in [0.1, 0.15) is 0 Å². The largest absolute Gasteiger partial charge is 0.491 e. The van der Waals surface area contributed by atoms with E-state index in [1.165, 1.54) is 0 Å². The van der Waals surface area contributed by atoms with E-state index in [4.69, 9.17) is 21.1 Å². The van der Waals surface area contributed by atoms with Gasteiger partial charge in [0.25, 0.3) is 0 Å². The molecule has 124 valence electrons. The Kier molecular flexibility index (Phi) is 6.32. The lowest BCUT2D eigenvalue weighted by Crippen LogP contribution is -2.50. The zero-order chi connectivity index (χ0) is 16.1. The van der Waals surface area contributed by atoms with Crippen LogP contribution in [-0.4, -0.2) is 56.0 Å². The van der Waals surface area contributed by atoms with E-state index in [0.29, 0.717) is 29.2 Å². The van der Waals surface area contributed by atoms with Gasteiger partial charge in [-0.15, -0.1) is 0 Å². The number of hydrogen-bond acceptors (Lipinski definition) is 5. The van der Waals surface area contributed by atoms with E-state index < -0.39 is 0 Å². The molecule has 2 unspecified atom stereocenters. The highest BCUT2D eigenvalue weighted by Crippen LogP contribution is 2.39. The normalized spacial score (nSPS) is 20.7. The van der Waals surface area contributed by atoms with Crippen LogP contribution in [0, 0.1) is 0 Å². The molecule has 1 heterocycles. The molecule has 1 fully saturated rings. The third-order valence-corrected chi connectivity index (χ3v) is 4.22. The number of halogens is 1. The summed E-state index contributed by atoms with van der Waals surface area (Å²) >= 11 is 6.32. The molecule has 2 atom stereocenters. The third kappa shape index (κ3) is 3.84. The molecule has 1 aromatic carbocycles. The van der Waals surface area contributed by atoms with Crippen LogP contribution in [0.2, 0.25) is 5.02 Å². The first kappa shape index (κ1) is 17.3. The Morgan fingerprint density at radius 1 is 1.50 bits per heavy atom. The Balaban J connectivity index is 2.32. The summed E-state index contributed by atoms with van der Waals surface area (Å²) in [6.45, 7) is 7.34. The molecule has 0 aromatic heterocycles. The summed E-state index contributed by atoms with van der Waals surface area (Å²) in [4.78, 5) is 2.27. The van der Waals surface area contributed by atoms with Crippen molar-refractivity contribution < 1.29 is 14.6 Å². The van der Waals surface area contributed by atoms with E-state index in [-0.39, 0.29) is 12.6 Å². The Labute approximate surface area is 137 Å². The number of nitrogens with one attached hydrogen (secondary N) is 1. The summed E-state index contributed by atoms with van der Waals surface area (Å²) in [7, 11) is 1.57. The second-order valence-electron chi connectivity index (χ2n) is 5.52. The number of nitrogens with zero attached hydrogens (tertiary/aromatic N) is 1. The van der Waals surface area contributed by atoms with E-state index in [1.54, 1.807) is 7.11 Å². The van der Waals surface area contributed by atoms with E-state index >= 15 is 0 Å². The first-order valence-corrected chi connectivity index (χ1v) is 8.07. The summed E-state index contributed by atoms with van der Waals surface area (Å²) in [6, 6.07) is 4.09. The summed E-state index contributed by atoms with van der Waals surface area (Å²) in [5.74, 6) is 1.16. The molecule has 2 N–H and O–H groups in total. The van der Waals surface area contributed by atoms with Gasteiger partial charge in [0.05, 0.1) is 31.4 Å². The first-order chi connectivity index (χ1) is 10.6. The maximum Gasteiger partial charge on any atom is 0.179 e. The van der Waals surface area contributed by atoms with Crippen molar-refractivity contribution in [1.82, 2.24) is 10.2 Å². The average molecular weight is 329 g/mol. The minimum absolute atomic E-state index is 0.0426. The van der Waals surface area contributed by atoms with Crippen LogP contribution in [0.5, 0.6) is 11.5 Å². The zero-order valence-electron chi connectivity index (χ0n) is 13.4. The van der Waals surface area contributed by atoms with Crippen molar-refractivity contribution in [3.63, 3.8) is 0 Å². The van der Waals surface area contributed by atoms with E-state index in [2.05, 4.69) is 17.1 Å². The average Bonchev–Trinajstić information content (AvgIpc) is 2.48. The third-order valence-electron chi connectivity index (χ3n) is 3.93. The number of aliphatic hydroxyl groups excluding tert-OH is 1. The maximum atomic E-state index is 9.88. The monoisotopic (exact) mass is 328 g/mol. The van der Waals surface area contributed by atoms with Gasteiger partial charge in [-0.25, -0.2) is 0 Å². The van der Waals surface area contributed by atoms with Gasteiger partial charge < -0.3 is 19.9 Å². The molecular weight excluding hydrogens is 304 g/mol. The smallest absolute Gasteiger partial charge is 0.179 e. The quantitative estimate of drug-likeness (QED) is 0.837. The second-order valence-corrected chi connectivity index (χ2v) is 5.92. The van der Waals surface area contributed by atoms with Crippen LogP contribution in [-0.2, 0) is 0 Å². The molecule has 2 rings (SSSR count). The van der Waals surface area contributed by atoms with Crippen LogP contribution >= 0.6 is 11.6 Å². The molecule has 1 aliphatic heterocycles. The molecule has 0 amide bonds. The molecule has 1 saturated heterocycles. The van der Waals surface area contributed by atoms with Crippen molar-refractivity contribution in [3.8, 4) is 11.5 Å². The van der Waals surface area contributed by atoms with Crippen LogP contribution in [0.1, 0.15) is 25.5 Å². The van der Waals surface area contributed by atoms with Gasteiger partial charge >= 0.3 is 0 Å². The molecule has 22 heavy (non-hydrogen) atoms. The van der Waals surface area contributed by atoms with Gasteiger partial charge in [0.15, 0.2) is 11.5 Å². The lowest BCUT2D eigenvalue weighted by molar-refractivity contribution is 0.0960. The van der Waals surface area contributed by atoms with Gasteiger partial charge in [-0.2, -0.15) is 0 Å². The van der Waals surface area contributed by atoms with E-state index in [9.17, 15) is 5.11 Å². The molecule has 6 heteroatoms. The highest BCUT2D eigenvalue weighted by molar-refractivity contribution is 6.32. The lowest BCUT2D eigenvalue weighted by atomic mass is 10.0. The number of ether oxygens (including phenoxy) is 2. The molecule has 0 saturated carbocycles. The minimum atomic E-state index is -0.0906. The number of piperazine rings is 1. The summed E-state index contributed by atoms with van der Waals surface area (Å²) in [6.07, 6.45) is 0. The Morgan fingerprint density at radius 2 is 2.27 bits per heavy atom. The second kappa shape index (κ2) is 8.02. The van der Waals surface area contributed by atoms with Crippen molar-refractivity contribution in [1.29, 1.82) is 0 Å². The number of aliphatic hydroxyl groups is 1. The fourth-order valence-electron chi connectivity index (χ4n) is 2.92. The fourth-order valence-corrected chi connectivity index (χ4v) is 3.21. The van der Waals surface area contributed by atoms with Crippen LogP contribution in [0.3, 0.4) is 0 Å². The molecule has 5 nitrogen and oxygen atoms in total. The standard InChI is InChI=1S/C16H25ClN2O3/c1-4-22-15-8-12(7-13(17)16(15)21-3)14(10-20)19-6-5-18-11(2)9-19/h7-8,11,14,18,20H,4-6,9-10H2,1-3H3. The van der Waals surface area contributed by atoms with Gasteiger partial charge in [-0.1, -0.05) is 11.6 Å². The van der Waals surface area contributed by atoms with Crippen LogP contribution < -0.4 is 14.8 Å². The van der Waals surface area contributed by atoms with Gasteiger partial charge in [-0.3, -0.25) is 4.90 Å². The van der Waals surface area contributed by atoms with Gasteiger partial charge in [0.2, 0.25) is 0 Å². The zero-order valence-corrected chi connectivity index (χ0v) is 14.2. The maximum absolute atomic E-state index is 9.88.